The van der Waals surface area contributed by atoms with Crippen LogP contribution in [0.25, 0.3) is 11.5 Å². The molecule has 0 aliphatic carbocycles. The van der Waals surface area contributed by atoms with Crippen LogP contribution in [0.2, 0.25) is 0 Å². The van der Waals surface area contributed by atoms with Gasteiger partial charge in [0, 0.05) is 19.2 Å². The summed E-state index contributed by atoms with van der Waals surface area (Å²) in [5.74, 6) is 0.365. The van der Waals surface area contributed by atoms with Crippen LogP contribution in [0.4, 0.5) is 5.88 Å². The highest BCUT2D eigenvalue weighted by molar-refractivity contribution is 7.91. The minimum atomic E-state index is -3.83. The third-order valence-corrected chi connectivity index (χ3v) is 5.75. The highest BCUT2D eigenvalue weighted by Crippen LogP contribution is 2.32. The maximum atomic E-state index is 13.1. The summed E-state index contributed by atoms with van der Waals surface area (Å²) >= 11 is 0. The number of nitrogens with zero attached hydrogens (tertiary/aromatic N) is 1. The number of nitrogens with one attached hydrogen (secondary N) is 1. The molecule has 0 aliphatic heterocycles. The average molecular weight is 386 g/mol. The highest BCUT2D eigenvalue weighted by atomic mass is 32.2. The molecule has 1 heterocycles. The van der Waals surface area contributed by atoms with Crippen LogP contribution in [0.15, 0.2) is 62.9 Å². The van der Waals surface area contributed by atoms with Gasteiger partial charge in [-0.25, -0.2) is 8.42 Å². The van der Waals surface area contributed by atoms with Gasteiger partial charge in [-0.1, -0.05) is 35.4 Å². The molecule has 0 amide bonds. The fraction of sp³-hybridized carbons (Fsp3) is 0.250. The molecule has 7 heteroatoms. The molecule has 0 saturated carbocycles. The van der Waals surface area contributed by atoms with E-state index in [0.717, 1.165) is 11.1 Å². The van der Waals surface area contributed by atoms with Crippen LogP contribution in [0.3, 0.4) is 0 Å². The molecular formula is C20H22N2O4S. The number of benzene rings is 2. The third kappa shape index (κ3) is 4.20. The quantitative estimate of drug-likeness (QED) is 0.621. The van der Waals surface area contributed by atoms with Crippen LogP contribution in [0.5, 0.6) is 0 Å². The maximum Gasteiger partial charge on any atom is 0.233 e. The van der Waals surface area contributed by atoms with E-state index in [1.54, 1.807) is 31.4 Å². The van der Waals surface area contributed by atoms with E-state index >= 15 is 0 Å². The zero-order chi connectivity index (χ0) is 19.4. The van der Waals surface area contributed by atoms with Crippen LogP contribution >= 0.6 is 0 Å². The fourth-order valence-electron chi connectivity index (χ4n) is 2.52. The van der Waals surface area contributed by atoms with Crippen LogP contribution in [0.1, 0.15) is 11.1 Å². The van der Waals surface area contributed by atoms with Crippen LogP contribution in [0, 0.1) is 13.8 Å². The number of hydrogen-bond acceptors (Lipinski definition) is 6. The molecule has 1 N–H and O–H groups in total. The molecule has 0 radical (unpaired) electrons. The molecule has 0 spiro atoms. The van der Waals surface area contributed by atoms with Crippen LogP contribution < -0.4 is 5.32 Å². The third-order valence-electron chi connectivity index (χ3n) is 4.07. The summed E-state index contributed by atoms with van der Waals surface area (Å²) in [7, 11) is -2.25. The predicted octanol–water partition coefficient (Wildman–Crippen LogP) is 3.85. The molecule has 3 aromatic rings. The van der Waals surface area contributed by atoms with Crippen molar-refractivity contribution in [3.63, 3.8) is 0 Å². The minimum Gasteiger partial charge on any atom is -0.419 e. The number of ether oxygens (including phenoxy) is 1. The smallest absolute Gasteiger partial charge is 0.233 e. The van der Waals surface area contributed by atoms with Crippen LogP contribution in [-0.4, -0.2) is 33.7 Å². The summed E-state index contributed by atoms with van der Waals surface area (Å²) in [5.41, 5.74) is 2.78. The van der Waals surface area contributed by atoms with Crippen molar-refractivity contribution in [1.82, 2.24) is 4.98 Å². The van der Waals surface area contributed by atoms with Crippen molar-refractivity contribution in [2.45, 2.75) is 23.8 Å². The van der Waals surface area contributed by atoms with Gasteiger partial charge in [-0.3, -0.25) is 0 Å². The number of hydrogen-bond donors (Lipinski definition) is 1. The number of methoxy groups -OCH3 is 1. The monoisotopic (exact) mass is 386 g/mol. The molecule has 6 nitrogen and oxygen atoms in total. The van der Waals surface area contributed by atoms with Gasteiger partial charge < -0.3 is 14.5 Å². The standard InChI is InChI=1S/C20H22N2O4S/c1-14-4-8-16(9-5-14)18-22-20(19(26-18)21-12-13-25-3)27(23,24)17-10-6-15(2)7-11-17/h4-11,21H,12-13H2,1-3H3. The second-order valence-electron chi connectivity index (χ2n) is 6.26. The van der Waals surface area contributed by atoms with Crippen molar-refractivity contribution in [2.24, 2.45) is 0 Å². The number of aromatic nitrogens is 1. The van der Waals surface area contributed by atoms with E-state index in [4.69, 9.17) is 9.15 Å². The molecule has 2 aromatic carbocycles. The lowest BCUT2D eigenvalue weighted by Gasteiger charge is -2.06. The highest BCUT2D eigenvalue weighted by Gasteiger charge is 2.28. The van der Waals surface area contributed by atoms with Crippen molar-refractivity contribution in [3.8, 4) is 11.5 Å². The second kappa shape index (κ2) is 7.94. The van der Waals surface area contributed by atoms with Gasteiger partial charge in [0.25, 0.3) is 0 Å². The lowest BCUT2D eigenvalue weighted by atomic mass is 10.1. The first-order chi connectivity index (χ1) is 12.9. The Balaban J connectivity index is 2.06. The van der Waals surface area contributed by atoms with E-state index in [0.29, 0.717) is 18.7 Å². The minimum absolute atomic E-state index is 0.114. The fourth-order valence-corrected chi connectivity index (χ4v) is 3.79. The van der Waals surface area contributed by atoms with E-state index in [9.17, 15) is 8.42 Å². The van der Waals surface area contributed by atoms with Gasteiger partial charge in [0.05, 0.1) is 11.5 Å². The average Bonchev–Trinajstić information content (AvgIpc) is 3.08. The molecule has 0 atom stereocenters. The summed E-state index contributed by atoms with van der Waals surface area (Å²) in [6.45, 7) is 4.68. The Hall–Kier alpha value is -2.64. The van der Waals surface area contributed by atoms with Gasteiger partial charge >= 0.3 is 0 Å². The maximum absolute atomic E-state index is 13.1. The Morgan fingerprint density at radius 1 is 1.00 bits per heavy atom. The van der Waals surface area contributed by atoms with E-state index in [2.05, 4.69) is 10.3 Å². The Morgan fingerprint density at radius 3 is 2.19 bits per heavy atom. The molecule has 3 rings (SSSR count). The van der Waals surface area contributed by atoms with Crippen molar-refractivity contribution in [2.75, 3.05) is 25.6 Å². The first-order valence-corrected chi connectivity index (χ1v) is 10.0. The van der Waals surface area contributed by atoms with Gasteiger partial charge in [-0.2, -0.15) is 4.98 Å². The first kappa shape index (κ1) is 19.1. The van der Waals surface area contributed by atoms with Gasteiger partial charge in [0.1, 0.15) is 0 Å². The molecule has 0 fully saturated rings. The Morgan fingerprint density at radius 2 is 1.59 bits per heavy atom. The normalized spacial score (nSPS) is 11.5. The molecule has 1 aromatic heterocycles. The second-order valence-corrected chi connectivity index (χ2v) is 8.12. The Bertz CT molecular complexity index is 1010. The topological polar surface area (TPSA) is 81.4 Å². The lowest BCUT2D eigenvalue weighted by Crippen LogP contribution is -2.11. The SMILES string of the molecule is COCCNc1oc(-c2ccc(C)cc2)nc1S(=O)(=O)c1ccc(C)cc1. The van der Waals surface area contributed by atoms with Gasteiger partial charge in [0.15, 0.2) is 0 Å². The molecule has 27 heavy (non-hydrogen) atoms. The summed E-state index contributed by atoms with van der Waals surface area (Å²) in [5, 5.41) is 2.84. The molecule has 0 saturated heterocycles. The molecule has 0 bridgehead atoms. The molecular weight excluding hydrogens is 364 g/mol. The van der Waals surface area contributed by atoms with E-state index < -0.39 is 9.84 Å². The number of rotatable bonds is 7. The Labute approximate surface area is 159 Å². The van der Waals surface area contributed by atoms with Gasteiger partial charge in [-0.05, 0) is 38.1 Å². The van der Waals surface area contributed by atoms with E-state index in [-0.39, 0.29) is 21.7 Å². The van der Waals surface area contributed by atoms with Gasteiger partial charge in [-0.15, -0.1) is 0 Å². The first-order valence-electron chi connectivity index (χ1n) is 8.54. The molecule has 0 unspecified atom stereocenters. The summed E-state index contributed by atoms with van der Waals surface area (Å²) in [6, 6.07) is 14.2. The van der Waals surface area contributed by atoms with Crippen LogP contribution in [-0.2, 0) is 14.6 Å². The van der Waals surface area contributed by atoms with Crippen molar-refractivity contribution in [1.29, 1.82) is 0 Å². The number of aryl methyl sites for hydroxylation is 2. The summed E-state index contributed by atoms with van der Waals surface area (Å²) in [4.78, 5) is 4.47. The van der Waals surface area contributed by atoms with Crippen molar-refractivity contribution in [3.05, 3.63) is 59.7 Å². The largest absolute Gasteiger partial charge is 0.419 e. The van der Waals surface area contributed by atoms with E-state index in [1.165, 1.54) is 0 Å². The number of oxazole rings is 1. The summed E-state index contributed by atoms with van der Waals surface area (Å²) in [6.07, 6.45) is 0. The summed E-state index contributed by atoms with van der Waals surface area (Å²) < 4.78 is 37.0. The van der Waals surface area contributed by atoms with E-state index in [1.807, 2.05) is 38.1 Å². The molecule has 142 valence electrons. The lowest BCUT2D eigenvalue weighted by molar-refractivity contribution is 0.210. The zero-order valence-electron chi connectivity index (χ0n) is 15.5. The number of sulfone groups is 1. The molecule has 0 aliphatic rings. The van der Waals surface area contributed by atoms with Gasteiger partial charge in [0.2, 0.25) is 26.6 Å². The van der Waals surface area contributed by atoms with Crippen molar-refractivity contribution < 1.29 is 17.6 Å². The predicted molar refractivity (Wildman–Crippen MR) is 104 cm³/mol. The number of anilines is 1. The van der Waals surface area contributed by atoms with Crippen molar-refractivity contribution >= 4 is 15.7 Å². The Kier molecular flexibility index (Phi) is 5.62. The zero-order valence-corrected chi connectivity index (χ0v) is 16.3.